The molecule has 0 spiro atoms. The van der Waals surface area contributed by atoms with E-state index in [1.165, 1.54) is 21.3 Å². The number of benzene rings is 1. The van der Waals surface area contributed by atoms with Gasteiger partial charge < -0.3 is 33.5 Å². The standard InChI is InChI=1S/C23H36N2O7/c1-23(2,3)32-22(27)25-11-7-9-24(12-13-25)10-8-14-31-21(26)17-15-18(28-4)20(30-6)19(16-17)29-5/h15-16H,7-14H2,1-6H3. The average Bonchev–Trinajstić information content (AvgIpc) is 3.00. The van der Waals surface area contributed by atoms with Gasteiger partial charge in [-0.1, -0.05) is 0 Å². The smallest absolute Gasteiger partial charge is 0.410 e. The van der Waals surface area contributed by atoms with Crippen LogP contribution in [-0.4, -0.2) is 88.1 Å². The summed E-state index contributed by atoms with van der Waals surface area (Å²) in [7, 11) is 4.50. The average molecular weight is 453 g/mol. The first-order valence-corrected chi connectivity index (χ1v) is 10.9. The quantitative estimate of drug-likeness (QED) is 0.439. The molecule has 1 amide bonds. The number of rotatable bonds is 8. The van der Waals surface area contributed by atoms with E-state index in [9.17, 15) is 9.59 Å². The molecule has 1 aliphatic rings. The van der Waals surface area contributed by atoms with Crippen LogP contribution >= 0.6 is 0 Å². The van der Waals surface area contributed by atoms with Crippen molar-refractivity contribution in [1.82, 2.24) is 9.80 Å². The van der Waals surface area contributed by atoms with Crippen LogP contribution < -0.4 is 14.2 Å². The van der Waals surface area contributed by atoms with E-state index in [4.69, 9.17) is 23.7 Å². The largest absolute Gasteiger partial charge is 0.493 e. The monoisotopic (exact) mass is 452 g/mol. The molecule has 1 heterocycles. The third-order valence-electron chi connectivity index (χ3n) is 4.99. The van der Waals surface area contributed by atoms with Crippen molar-refractivity contribution in [1.29, 1.82) is 0 Å². The van der Waals surface area contributed by atoms with E-state index in [0.717, 1.165) is 26.1 Å². The highest BCUT2D eigenvalue weighted by Gasteiger charge is 2.24. The van der Waals surface area contributed by atoms with Gasteiger partial charge in [-0.25, -0.2) is 9.59 Å². The van der Waals surface area contributed by atoms with Gasteiger partial charge in [0.2, 0.25) is 5.75 Å². The number of methoxy groups -OCH3 is 3. The fourth-order valence-corrected chi connectivity index (χ4v) is 3.44. The predicted octanol–water partition coefficient (Wildman–Crippen LogP) is 3.20. The highest BCUT2D eigenvalue weighted by atomic mass is 16.6. The second-order valence-electron chi connectivity index (χ2n) is 8.57. The molecule has 1 aromatic rings. The minimum absolute atomic E-state index is 0.265. The van der Waals surface area contributed by atoms with Crippen LogP contribution in [0, 0.1) is 0 Å². The van der Waals surface area contributed by atoms with Gasteiger partial charge in [0.05, 0.1) is 33.5 Å². The molecular weight excluding hydrogens is 416 g/mol. The van der Waals surface area contributed by atoms with Gasteiger partial charge in [0, 0.05) is 26.2 Å². The molecule has 1 aliphatic heterocycles. The fraction of sp³-hybridized carbons (Fsp3) is 0.652. The molecule has 1 saturated heterocycles. The first-order valence-electron chi connectivity index (χ1n) is 10.9. The van der Waals surface area contributed by atoms with Crippen LogP contribution in [0.15, 0.2) is 12.1 Å². The molecule has 0 aliphatic carbocycles. The van der Waals surface area contributed by atoms with E-state index in [0.29, 0.717) is 48.9 Å². The normalized spacial score (nSPS) is 15.0. The van der Waals surface area contributed by atoms with Crippen molar-refractivity contribution in [2.75, 3.05) is 60.7 Å². The molecule has 0 atom stereocenters. The Morgan fingerprint density at radius 2 is 1.59 bits per heavy atom. The van der Waals surface area contributed by atoms with Crippen LogP contribution in [0.2, 0.25) is 0 Å². The first-order chi connectivity index (χ1) is 15.2. The van der Waals surface area contributed by atoms with Gasteiger partial charge >= 0.3 is 12.1 Å². The van der Waals surface area contributed by atoms with E-state index in [2.05, 4.69) is 4.90 Å². The lowest BCUT2D eigenvalue weighted by atomic mass is 10.2. The summed E-state index contributed by atoms with van der Waals surface area (Å²) in [5.41, 5.74) is -0.160. The summed E-state index contributed by atoms with van der Waals surface area (Å²) in [6.07, 6.45) is 1.31. The van der Waals surface area contributed by atoms with Crippen molar-refractivity contribution < 1.29 is 33.3 Å². The van der Waals surface area contributed by atoms with Crippen LogP contribution in [0.25, 0.3) is 0 Å². The lowest BCUT2D eigenvalue weighted by Crippen LogP contribution is -2.39. The fourth-order valence-electron chi connectivity index (χ4n) is 3.44. The predicted molar refractivity (Wildman–Crippen MR) is 120 cm³/mol. The van der Waals surface area contributed by atoms with Gasteiger partial charge in [0.25, 0.3) is 0 Å². The zero-order chi connectivity index (χ0) is 23.7. The molecule has 1 fully saturated rings. The summed E-state index contributed by atoms with van der Waals surface area (Å²) < 4.78 is 26.7. The van der Waals surface area contributed by atoms with Crippen molar-refractivity contribution in [3.63, 3.8) is 0 Å². The van der Waals surface area contributed by atoms with Crippen LogP contribution in [0.5, 0.6) is 17.2 Å². The molecule has 0 radical (unpaired) electrons. The van der Waals surface area contributed by atoms with Crippen LogP contribution in [0.3, 0.4) is 0 Å². The molecule has 180 valence electrons. The Hall–Kier alpha value is -2.68. The topological polar surface area (TPSA) is 86.8 Å². The minimum atomic E-state index is -0.495. The maximum atomic E-state index is 12.5. The molecule has 0 N–H and O–H groups in total. The number of esters is 1. The summed E-state index contributed by atoms with van der Waals surface area (Å²) >= 11 is 0. The molecule has 2 rings (SSSR count). The molecule has 0 bridgehead atoms. The van der Waals surface area contributed by atoms with Gasteiger partial charge in [-0.2, -0.15) is 0 Å². The highest BCUT2D eigenvalue weighted by Crippen LogP contribution is 2.38. The molecule has 1 aromatic carbocycles. The summed E-state index contributed by atoms with van der Waals surface area (Å²) in [6, 6.07) is 3.15. The van der Waals surface area contributed by atoms with Crippen molar-refractivity contribution in [3.8, 4) is 17.2 Å². The van der Waals surface area contributed by atoms with E-state index in [1.54, 1.807) is 17.0 Å². The number of nitrogens with zero attached hydrogens (tertiary/aromatic N) is 2. The third kappa shape index (κ3) is 7.47. The number of amides is 1. The van der Waals surface area contributed by atoms with Crippen LogP contribution in [0.4, 0.5) is 4.79 Å². The van der Waals surface area contributed by atoms with Gasteiger partial charge in [-0.05, 0) is 52.3 Å². The van der Waals surface area contributed by atoms with Gasteiger partial charge in [-0.3, -0.25) is 0 Å². The molecule has 32 heavy (non-hydrogen) atoms. The molecule has 0 aromatic heterocycles. The van der Waals surface area contributed by atoms with E-state index >= 15 is 0 Å². The Morgan fingerprint density at radius 3 is 2.16 bits per heavy atom. The molecule has 9 heteroatoms. The molecule has 0 unspecified atom stereocenters. The zero-order valence-corrected chi connectivity index (χ0v) is 20.1. The van der Waals surface area contributed by atoms with Crippen LogP contribution in [0.1, 0.15) is 44.0 Å². The summed E-state index contributed by atoms with van der Waals surface area (Å²) in [5, 5.41) is 0. The highest BCUT2D eigenvalue weighted by molar-refractivity contribution is 5.91. The Morgan fingerprint density at radius 1 is 0.938 bits per heavy atom. The van der Waals surface area contributed by atoms with Crippen molar-refractivity contribution in [2.45, 2.75) is 39.2 Å². The summed E-state index contributed by atoms with van der Waals surface area (Å²) in [5.74, 6) is 0.778. The maximum Gasteiger partial charge on any atom is 0.410 e. The zero-order valence-electron chi connectivity index (χ0n) is 20.1. The van der Waals surface area contributed by atoms with Gasteiger partial charge in [-0.15, -0.1) is 0 Å². The Kier molecular flexibility index (Phi) is 9.43. The van der Waals surface area contributed by atoms with Crippen molar-refractivity contribution in [2.24, 2.45) is 0 Å². The Bertz CT molecular complexity index is 751. The minimum Gasteiger partial charge on any atom is -0.493 e. The van der Waals surface area contributed by atoms with Gasteiger partial charge in [0.15, 0.2) is 11.5 Å². The van der Waals surface area contributed by atoms with E-state index in [-0.39, 0.29) is 6.09 Å². The number of carbonyl (C=O) groups excluding carboxylic acids is 2. The second-order valence-corrected chi connectivity index (χ2v) is 8.57. The summed E-state index contributed by atoms with van der Waals surface area (Å²) in [6.45, 7) is 9.64. The third-order valence-corrected chi connectivity index (χ3v) is 4.99. The van der Waals surface area contributed by atoms with Crippen molar-refractivity contribution >= 4 is 12.1 Å². The molecule has 0 saturated carbocycles. The Labute approximate surface area is 190 Å². The van der Waals surface area contributed by atoms with Crippen LogP contribution in [-0.2, 0) is 9.47 Å². The number of ether oxygens (including phenoxy) is 5. The summed E-state index contributed by atoms with van der Waals surface area (Å²) in [4.78, 5) is 28.8. The van der Waals surface area contributed by atoms with Gasteiger partial charge in [0.1, 0.15) is 5.60 Å². The number of hydrogen-bond donors (Lipinski definition) is 0. The Balaban J connectivity index is 1.80. The number of carbonyl (C=O) groups is 2. The van der Waals surface area contributed by atoms with E-state index in [1.807, 2.05) is 20.8 Å². The molecular formula is C23H36N2O7. The second kappa shape index (κ2) is 11.8. The van der Waals surface area contributed by atoms with Crippen molar-refractivity contribution in [3.05, 3.63) is 17.7 Å². The first kappa shape index (κ1) is 25.6. The number of hydrogen-bond acceptors (Lipinski definition) is 8. The van der Waals surface area contributed by atoms with E-state index < -0.39 is 11.6 Å². The SMILES string of the molecule is COc1cc(C(=O)OCCCN2CCCN(C(=O)OC(C)(C)C)CC2)cc(OC)c1OC. The lowest BCUT2D eigenvalue weighted by molar-refractivity contribution is 0.0255. The lowest BCUT2D eigenvalue weighted by Gasteiger charge is -2.26. The molecule has 9 nitrogen and oxygen atoms in total. The maximum absolute atomic E-state index is 12.5.